The number of hydrogen-bond acceptors (Lipinski definition) is 5. The van der Waals surface area contributed by atoms with E-state index in [-0.39, 0.29) is 0 Å². The Hall–Kier alpha value is -1.62. The Labute approximate surface area is 119 Å². The number of fused-ring (bicyclic) bond motifs is 4. The fourth-order valence-electron chi connectivity index (χ4n) is 3.56. The molecule has 3 N–H and O–H groups in total. The summed E-state index contributed by atoms with van der Waals surface area (Å²) in [7, 11) is 0. The van der Waals surface area contributed by atoms with E-state index in [1.807, 2.05) is 12.1 Å². The molecule has 0 saturated carbocycles. The number of nitrogens with zero attached hydrogens (tertiary/aromatic N) is 1. The van der Waals surface area contributed by atoms with Crippen molar-refractivity contribution in [2.75, 3.05) is 43.9 Å². The molecule has 1 atom stereocenters. The summed E-state index contributed by atoms with van der Waals surface area (Å²) in [6.07, 6.45) is 2.59. The van der Waals surface area contributed by atoms with Crippen LogP contribution in [0.25, 0.3) is 0 Å². The monoisotopic (exact) mass is 275 g/mol. The molecule has 0 aliphatic carbocycles. The minimum Gasteiger partial charge on any atom is -0.486 e. The van der Waals surface area contributed by atoms with Crippen molar-refractivity contribution in [3.63, 3.8) is 0 Å². The first kappa shape index (κ1) is 12.1. The van der Waals surface area contributed by atoms with Crippen LogP contribution in [0.2, 0.25) is 0 Å². The molecule has 1 unspecified atom stereocenters. The van der Waals surface area contributed by atoms with Crippen LogP contribution in [-0.4, -0.2) is 43.8 Å². The lowest BCUT2D eigenvalue weighted by Crippen LogP contribution is -2.53. The van der Waals surface area contributed by atoms with Crippen molar-refractivity contribution in [1.82, 2.24) is 4.90 Å². The Morgan fingerprint density at radius 3 is 2.45 bits per heavy atom. The van der Waals surface area contributed by atoms with E-state index in [1.54, 1.807) is 0 Å². The van der Waals surface area contributed by atoms with E-state index in [4.69, 9.17) is 15.2 Å². The molecule has 3 fully saturated rings. The maximum atomic E-state index is 6.15. The first-order valence-corrected chi connectivity index (χ1v) is 7.47. The van der Waals surface area contributed by atoms with Crippen LogP contribution in [-0.2, 0) is 0 Å². The molecule has 3 saturated heterocycles. The van der Waals surface area contributed by atoms with E-state index in [1.165, 1.54) is 25.9 Å². The van der Waals surface area contributed by atoms with Crippen LogP contribution in [0.1, 0.15) is 12.8 Å². The highest BCUT2D eigenvalue weighted by Gasteiger charge is 2.34. The highest BCUT2D eigenvalue weighted by molar-refractivity contribution is 5.72. The summed E-state index contributed by atoms with van der Waals surface area (Å²) in [5.41, 5.74) is 7.87. The number of rotatable bonds is 2. The average Bonchev–Trinajstić information content (AvgIpc) is 2.49. The molecule has 1 aromatic carbocycles. The van der Waals surface area contributed by atoms with Crippen LogP contribution in [0.15, 0.2) is 12.1 Å². The van der Waals surface area contributed by atoms with Gasteiger partial charge in [-0.05, 0) is 31.8 Å². The smallest absolute Gasteiger partial charge is 0.163 e. The van der Waals surface area contributed by atoms with Crippen molar-refractivity contribution in [2.24, 2.45) is 5.92 Å². The molecule has 2 bridgehead atoms. The molecule has 0 radical (unpaired) electrons. The topological polar surface area (TPSA) is 59.8 Å². The van der Waals surface area contributed by atoms with Gasteiger partial charge in [-0.25, -0.2) is 0 Å². The molecule has 4 aliphatic heterocycles. The first-order chi connectivity index (χ1) is 9.79. The van der Waals surface area contributed by atoms with Gasteiger partial charge in [0.15, 0.2) is 11.5 Å². The molecule has 1 aromatic rings. The summed E-state index contributed by atoms with van der Waals surface area (Å²) in [6.45, 7) is 4.83. The Morgan fingerprint density at radius 1 is 1.10 bits per heavy atom. The number of nitrogen functional groups attached to an aromatic ring is 1. The summed E-state index contributed by atoms with van der Waals surface area (Å²) in [5, 5.41) is 3.63. The van der Waals surface area contributed by atoms with Crippen molar-refractivity contribution in [3.05, 3.63) is 12.1 Å². The number of nitrogens with one attached hydrogen (secondary N) is 1. The van der Waals surface area contributed by atoms with E-state index in [0.29, 0.717) is 19.3 Å². The standard InChI is InChI=1S/C15H21N3O2/c16-11-7-14-15(20-6-5-19-14)8-12(11)17-13-9-18-3-1-10(13)2-4-18/h7-8,10,13,17H,1-6,9,16H2. The van der Waals surface area contributed by atoms with Gasteiger partial charge in [-0.2, -0.15) is 0 Å². The zero-order chi connectivity index (χ0) is 13.5. The first-order valence-electron chi connectivity index (χ1n) is 7.47. The third-order valence-corrected chi connectivity index (χ3v) is 4.71. The largest absolute Gasteiger partial charge is 0.486 e. The van der Waals surface area contributed by atoms with Gasteiger partial charge < -0.3 is 25.4 Å². The van der Waals surface area contributed by atoms with Gasteiger partial charge in [0.2, 0.25) is 0 Å². The lowest BCUT2D eigenvalue weighted by atomic mass is 9.84. The zero-order valence-corrected chi connectivity index (χ0v) is 11.6. The maximum Gasteiger partial charge on any atom is 0.163 e. The van der Waals surface area contributed by atoms with Gasteiger partial charge in [-0.15, -0.1) is 0 Å². The van der Waals surface area contributed by atoms with Crippen molar-refractivity contribution in [1.29, 1.82) is 0 Å². The molecular weight excluding hydrogens is 254 g/mol. The summed E-state index contributed by atoms with van der Waals surface area (Å²) < 4.78 is 11.2. The molecule has 5 nitrogen and oxygen atoms in total. The third-order valence-electron chi connectivity index (χ3n) is 4.71. The Morgan fingerprint density at radius 2 is 1.80 bits per heavy atom. The zero-order valence-electron chi connectivity index (χ0n) is 11.6. The van der Waals surface area contributed by atoms with Crippen LogP contribution in [0.4, 0.5) is 11.4 Å². The van der Waals surface area contributed by atoms with Crippen molar-refractivity contribution in [3.8, 4) is 11.5 Å². The van der Waals surface area contributed by atoms with E-state index in [2.05, 4.69) is 10.2 Å². The van der Waals surface area contributed by atoms with Crippen molar-refractivity contribution in [2.45, 2.75) is 18.9 Å². The molecule has 0 spiro atoms. The molecule has 4 heterocycles. The Kier molecular flexibility index (Phi) is 2.88. The van der Waals surface area contributed by atoms with Crippen LogP contribution in [0.3, 0.4) is 0 Å². The maximum absolute atomic E-state index is 6.15. The minimum absolute atomic E-state index is 0.502. The second kappa shape index (κ2) is 4.74. The second-order valence-corrected chi connectivity index (χ2v) is 5.97. The van der Waals surface area contributed by atoms with Gasteiger partial charge in [0.1, 0.15) is 13.2 Å². The van der Waals surface area contributed by atoms with Gasteiger partial charge in [0.25, 0.3) is 0 Å². The van der Waals surface area contributed by atoms with Crippen molar-refractivity contribution >= 4 is 11.4 Å². The predicted molar refractivity (Wildman–Crippen MR) is 78.4 cm³/mol. The van der Waals surface area contributed by atoms with E-state index < -0.39 is 0 Å². The quantitative estimate of drug-likeness (QED) is 0.802. The predicted octanol–water partition coefficient (Wildman–Crippen LogP) is 1.55. The fourth-order valence-corrected chi connectivity index (χ4v) is 3.56. The molecule has 5 rings (SSSR count). The Balaban J connectivity index is 1.56. The molecule has 5 heteroatoms. The highest BCUT2D eigenvalue weighted by Crippen LogP contribution is 2.38. The molecule has 0 aromatic heterocycles. The lowest BCUT2D eigenvalue weighted by Gasteiger charge is -2.45. The summed E-state index contributed by atoms with van der Waals surface area (Å²) in [4.78, 5) is 2.53. The second-order valence-electron chi connectivity index (χ2n) is 5.97. The number of ether oxygens (including phenoxy) is 2. The normalized spacial score (nSPS) is 31.1. The van der Waals surface area contributed by atoms with Crippen LogP contribution in [0, 0.1) is 5.92 Å². The van der Waals surface area contributed by atoms with Gasteiger partial charge in [-0.3, -0.25) is 0 Å². The lowest BCUT2D eigenvalue weighted by molar-refractivity contribution is 0.0975. The summed E-state index contributed by atoms with van der Waals surface area (Å²) in [6, 6.07) is 4.36. The van der Waals surface area contributed by atoms with Gasteiger partial charge in [0.05, 0.1) is 11.4 Å². The summed E-state index contributed by atoms with van der Waals surface area (Å²) in [5.74, 6) is 2.33. The van der Waals surface area contributed by atoms with Crippen molar-refractivity contribution < 1.29 is 9.47 Å². The Bertz CT molecular complexity index is 512. The SMILES string of the molecule is Nc1cc2c(cc1NC1CN3CCC1CC3)OCCO2. The number of benzene rings is 1. The van der Waals surface area contributed by atoms with E-state index in [9.17, 15) is 0 Å². The van der Waals surface area contributed by atoms with Crippen LogP contribution >= 0.6 is 0 Å². The molecular formula is C15H21N3O2. The third kappa shape index (κ3) is 2.06. The van der Waals surface area contributed by atoms with Crippen LogP contribution in [0.5, 0.6) is 11.5 Å². The fraction of sp³-hybridized carbons (Fsp3) is 0.600. The number of hydrogen-bond donors (Lipinski definition) is 2. The van der Waals surface area contributed by atoms with E-state index >= 15 is 0 Å². The van der Waals surface area contributed by atoms with Gasteiger partial charge >= 0.3 is 0 Å². The number of nitrogens with two attached hydrogens (primary N) is 1. The average molecular weight is 275 g/mol. The van der Waals surface area contributed by atoms with E-state index in [0.717, 1.165) is 35.3 Å². The molecule has 20 heavy (non-hydrogen) atoms. The number of anilines is 2. The highest BCUT2D eigenvalue weighted by atomic mass is 16.6. The van der Waals surface area contributed by atoms with Gasteiger partial charge in [-0.1, -0.05) is 0 Å². The molecule has 0 amide bonds. The summed E-state index contributed by atoms with van der Waals surface area (Å²) >= 11 is 0. The van der Waals surface area contributed by atoms with Crippen LogP contribution < -0.4 is 20.5 Å². The number of piperidine rings is 3. The van der Waals surface area contributed by atoms with Gasteiger partial charge in [0, 0.05) is 24.7 Å². The molecule has 4 aliphatic rings. The minimum atomic E-state index is 0.502. The molecule has 108 valence electrons.